The molecule has 0 unspecified atom stereocenters. The minimum Gasteiger partial charge on any atom is -0.466 e. The standard InChI is InChI=1S/C13H14N4O2S2/c1-7-9(11(18)19-2)10(8-5-4-6-21-8)17-12(14-7)15-13(16-17)20-3/h4-6,10H,1-3H3,(H,14,15,16)/t10-/m0/s1. The lowest BCUT2D eigenvalue weighted by atomic mass is 10.0. The lowest BCUT2D eigenvalue weighted by molar-refractivity contribution is -0.136. The van der Waals surface area contributed by atoms with E-state index in [1.807, 2.05) is 30.7 Å². The predicted molar refractivity (Wildman–Crippen MR) is 82.6 cm³/mol. The molecular formula is C13H14N4O2S2. The van der Waals surface area contributed by atoms with Gasteiger partial charge in [0.1, 0.15) is 6.04 Å². The first kappa shape index (κ1) is 14.2. The van der Waals surface area contributed by atoms with Crippen LogP contribution in [-0.4, -0.2) is 34.1 Å². The number of fused-ring (bicyclic) bond motifs is 1. The number of aromatic nitrogens is 3. The Hall–Kier alpha value is -1.80. The van der Waals surface area contributed by atoms with Crippen molar-refractivity contribution in [1.82, 2.24) is 14.8 Å². The van der Waals surface area contributed by atoms with Crippen molar-refractivity contribution in [2.24, 2.45) is 0 Å². The zero-order valence-corrected chi connectivity index (χ0v) is 13.4. The first-order valence-corrected chi connectivity index (χ1v) is 8.36. The molecule has 1 aliphatic heterocycles. The molecule has 8 heteroatoms. The zero-order valence-electron chi connectivity index (χ0n) is 11.8. The summed E-state index contributed by atoms with van der Waals surface area (Å²) >= 11 is 3.04. The number of rotatable bonds is 3. The van der Waals surface area contributed by atoms with Gasteiger partial charge in [0.05, 0.1) is 12.7 Å². The third-order valence-electron chi connectivity index (χ3n) is 3.23. The van der Waals surface area contributed by atoms with E-state index in [4.69, 9.17) is 4.74 Å². The molecule has 1 N–H and O–H groups in total. The van der Waals surface area contributed by atoms with Crippen LogP contribution in [0, 0.1) is 0 Å². The quantitative estimate of drug-likeness (QED) is 0.692. The van der Waals surface area contributed by atoms with E-state index >= 15 is 0 Å². The summed E-state index contributed by atoms with van der Waals surface area (Å²) in [5.41, 5.74) is 1.30. The number of thioether (sulfide) groups is 1. The Kier molecular flexibility index (Phi) is 3.73. The molecular weight excluding hydrogens is 308 g/mol. The Morgan fingerprint density at radius 1 is 1.57 bits per heavy atom. The summed E-state index contributed by atoms with van der Waals surface area (Å²) in [6, 6.07) is 3.64. The molecule has 0 aliphatic carbocycles. The van der Waals surface area contributed by atoms with E-state index in [1.54, 1.807) is 16.0 Å². The molecule has 3 rings (SSSR count). The average molecular weight is 322 g/mol. The van der Waals surface area contributed by atoms with Crippen molar-refractivity contribution in [3.63, 3.8) is 0 Å². The number of carbonyl (C=O) groups excluding carboxylic acids is 1. The Morgan fingerprint density at radius 3 is 3.00 bits per heavy atom. The van der Waals surface area contributed by atoms with Gasteiger partial charge in [0.25, 0.3) is 0 Å². The van der Waals surface area contributed by atoms with Crippen molar-refractivity contribution in [1.29, 1.82) is 0 Å². The van der Waals surface area contributed by atoms with Crippen LogP contribution in [0.4, 0.5) is 5.95 Å². The molecule has 0 saturated carbocycles. The number of allylic oxidation sites excluding steroid dienone is 1. The molecule has 0 saturated heterocycles. The number of hydrogen-bond acceptors (Lipinski definition) is 7. The molecule has 0 fully saturated rings. The Labute approximate surface area is 130 Å². The van der Waals surface area contributed by atoms with Crippen molar-refractivity contribution in [2.75, 3.05) is 18.7 Å². The van der Waals surface area contributed by atoms with Crippen molar-refractivity contribution < 1.29 is 9.53 Å². The maximum atomic E-state index is 12.2. The maximum absolute atomic E-state index is 12.2. The zero-order chi connectivity index (χ0) is 15.0. The number of methoxy groups -OCH3 is 1. The van der Waals surface area contributed by atoms with Crippen LogP contribution in [-0.2, 0) is 9.53 Å². The van der Waals surface area contributed by atoms with E-state index in [1.165, 1.54) is 18.9 Å². The van der Waals surface area contributed by atoms with E-state index in [0.717, 1.165) is 10.6 Å². The maximum Gasteiger partial charge on any atom is 0.338 e. The van der Waals surface area contributed by atoms with Gasteiger partial charge in [-0.2, -0.15) is 4.98 Å². The van der Waals surface area contributed by atoms with Gasteiger partial charge in [0, 0.05) is 10.6 Å². The topological polar surface area (TPSA) is 69.0 Å². The Morgan fingerprint density at radius 2 is 2.38 bits per heavy atom. The minimum absolute atomic E-state index is 0.304. The van der Waals surface area contributed by atoms with Gasteiger partial charge >= 0.3 is 5.97 Å². The molecule has 0 amide bonds. The second-order valence-electron chi connectivity index (χ2n) is 4.44. The normalized spacial score (nSPS) is 17.4. The minimum atomic E-state index is -0.356. The summed E-state index contributed by atoms with van der Waals surface area (Å²) in [5, 5.41) is 10.3. The summed E-state index contributed by atoms with van der Waals surface area (Å²) in [6.07, 6.45) is 1.92. The smallest absolute Gasteiger partial charge is 0.338 e. The van der Waals surface area contributed by atoms with Gasteiger partial charge in [-0.3, -0.25) is 0 Å². The number of nitrogens with zero attached hydrogens (tertiary/aromatic N) is 3. The van der Waals surface area contributed by atoms with E-state index < -0.39 is 0 Å². The molecule has 0 spiro atoms. The highest BCUT2D eigenvalue weighted by molar-refractivity contribution is 7.98. The predicted octanol–water partition coefficient (Wildman–Crippen LogP) is 2.52. The van der Waals surface area contributed by atoms with Crippen LogP contribution in [0.3, 0.4) is 0 Å². The molecule has 21 heavy (non-hydrogen) atoms. The highest BCUT2D eigenvalue weighted by Crippen LogP contribution is 2.37. The SMILES string of the molecule is COC(=O)C1=C(C)Nc2nc(SC)nn2[C@H]1c1cccs1. The summed E-state index contributed by atoms with van der Waals surface area (Å²) in [6.45, 7) is 1.85. The van der Waals surface area contributed by atoms with Gasteiger partial charge in [-0.15, -0.1) is 16.4 Å². The molecule has 0 aromatic carbocycles. The molecule has 3 heterocycles. The third kappa shape index (κ3) is 2.34. The van der Waals surface area contributed by atoms with Crippen LogP contribution in [0.2, 0.25) is 0 Å². The molecule has 6 nitrogen and oxygen atoms in total. The summed E-state index contributed by atoms with van der Waals surface area (Å²) in [5.74, 6) is 0.285. The average Bonchev–Trinajstić information content (AvgIpc) is 3.13. The number of carbonyl (C=O) groups is 1. The van der Waals surface area contributed by atoms with Gasteiger partial charge < -0.3 is 10.1 Å². The van der Waals surface area contributed by atoms with Gasteiger partial charge in [-0.05, 0) is 24.6 Å². The molecule has 2 aromatic rings. The van der Waals surface area contributed by atoms with Crippen molar-refractivity contribution in [3.8, 4) is 0 Å². The lowest BCUT2D eigenvalue weighted by Gasteiger charge is -2.26. The Bertz CT molecular complexity index is 706. The largest absolute Gasteiger partial charge is 0.466 e. The van der Waals surface area contributed by atoms with Crippen LogP contribution in [0.25, 0.3) is 0 Å². The van der Waals surface area contributed by atoms with E-state index in [2.05, 4.69) is 15.4 Å². The highest BCUT2D eigenvalue weighted by Gasteiger charge is 2.35. The number of anilines is 1. The number of nitrogens with one attached hydrogen (secondary N) is 1. The summed E-state index contributed by atoms with van der Waals surface area (Å²) < 4.78 is 6.68. The summed E-state index contributed by atoms with van der Waals surface area (Å²) in [7, 11) is 1.39. The lowest BCUT2D eigenvalue weighted by Crippen LogP contribution is -2.28. The Balaban J connectivity index is 2.17. The van der Waals surface area contributed by atoms with E-state index in [9.17, 15) is 4.79 Å². The van der Waals surface area contributed by atoms with Gasteiger partial charge in [0.15, 0.2) is 0 Å². The first-order valence-electron chi connectivity index (χ1n) is 6.25. The van der Waals surface area contributed by atoms with Crippen molar-refractivity contribution >= 4 is 35.0 Å². The molecule has 0 bridgehead atoms. The van der Waals surface area contributed by atoms with Crippen LogP contribution < -0.4 is 5.32 Å². The third-order valence-corrected chi connectivity index (χ3v) is 4.70. The number of thiophene rings is 1. The van der Waals surface area contributed by atoms with E-state index in [0.29, 0.717) is 16.7 Å². The van der Waals surface area contributed by atoms with Crippen LogP contribution in [0.5, 0.6) is 0 Å². The highest BCUT2D eigenvalue weighted by atomic mass is 32.2. The molecule has 1 aliphatic rings. The van der Waals surface area contributed by atoms with Crippen molar-refractivity contribution in [2.45, 2.75) is 18.1 Å². The fourth-order valence-electron chi connectivity index (χ4n) is 2.30. The van der Waals surface area contributed by atoms with Crippen LogP contribution in [0.1, 0.15) is 17.8 Å². The fourth-order valence-corrected chi connectivity index (χ4v) is 3.47. The van der Waals surface area contributed by atoms with Gasteiger partial charge in [0.2, 0.25) is 11.1 Å². The monoisotopic (exact) mass is 322 g/mol. The number of esters is 1. The second-order valence-corrected chi connectivity index (χ2v) is 6.19. The molecule has 110 valence electrons. The fraction of sp³-hybridized carbons (Fsp3) is 0.308. The van der Waals surface area contributed by atoms with Gasteiger partial charge in [-0.25, -0.2) is 9.48 Å². The first-order chi connectivity index (χ1) is 10.2. The molecule has 1 atom stereocenters. The molecule has 0 radical (unpaired) electrons. The summed E-state index contributed by atoms with van der Waals surface area (Å²) in [4.78, 5) is 17.6. The second kappa shape index (κ2) is 5.53. The van der Waals surface area contributed by atoms with E-state index in [-0.39, 0.29) is 12.0 Å². The van der Waals surface area contributed by atoms with Crippen LogP contribution in [0.15, 0.2) is 33.9 Å². The number of ether oxygens (including phenoxy) is 1. The van der Waals surface area contributed by atoms with Crippen molar-refractivity contribution in [3.05, 3.63) is 33.7 Å². The van der Waals surface area contributed by atoms with Gasteiger partial charge in [-0.1, -0.05) is 17.8 Å². The molecule has 2 aromatic heterocycles. The van der Waals surface area contributed by atoms with Crippen LogP contribution >= 0.6 is 23.1 Å². The number of hydrogen-bond donors (Lipinski definition) is 1.